The van der Waals surface area contributed by atoms with Gasteiger partial charge in [-0.2, -0.15) is 4.98 Å². The predicted molar refractivity (Wildman–Crippen MR) is 87.7 cm³/mol. The molecule has 1 atom stereocenters. The monoisotopic (exact) mass is 304 g/mol. The third kappa shape index (κ3) is 2.36. The van der Waals surface area contributed by atoms with Gasteiger partial charge >= 0.3 is 0 Å². The van der Waals surface area contributed by atoms with Gasteiger partial charge in [-0.3, -0.25) is 0 Å². The van der Waals surface area contributed by atoms with Crippen molar-refractivity contribution in [2.75, 3.05) is 11.1 Å². The maximum absolute atomic E-state index is 5.78. The van der Waals surface area contributed by atoms with Crippen LogP contribution >= 0.6 is 22.7 Å². The fourth-order valence-corrected chi connectivity index (χ4v) is 4.14. The van der Waals surface area contributed by atoms with Crippen LogP contribution in [-0.4, -0.2) is 9.97 Å². The molecule has 0 radical (unpaired) electrons. The van der Waals surface area contributed by atoms with Gasteiger partial charge in [0.05, 0.1) is 11.4 Å². The quantitative estimate of drug-likeness (QED) is 0.764. The molecule has 0 saturated heterocycles. The second kappa shape index (κ2) is 5.03. The maximum Gasteiger partial charge on any atom is 0.223 e. The molecule has 3 rings (SSSR count). The first-order valence-corrected chi connectivity index (χ1v) is 8.08. The zero-order valence-corrected chi connectivity index (χ0v) is 13.2. The van der Waals surface area contributed by atoms with E-state index < -0.39 is 0 Å². The van der Waals surface area contributed by atoms with Gasteiger partial charge in [-0.05, 0) is 43.8 Å². The van der Waals surface area contributed by atoms with Crippen LogP contribution in [0.4, 0.5) is 11.8 Å². The van der Waals surface area contributed by atoms with Gasteiger partial charge in [0.2, 0.25) is 5.95 Å². The summed E-state index contributed by atoms with van der Waals surface area (Å²) in [6, 6.07) is 4.45. The molecule has 3 heterocycles. The highest BCUT2D eigenvalue weighted by atomic mass is 32.1. The summed E-state index contributed by atoms with van der Waals surface area (Å²) in [6.07, 6.45) is 0. The van der Waals surface area contributed by atoms with Crippen LogP contribution in [0.25, 0.3) is 10.2 Å². The topological polar surface area (TPSA) is 63.8 Å². The van der Waals surface area contributed by atoms with Crippen molar-refractivity contribution in [3.63, 3.8) is 0 Å². The number of rotatable bonds is 3. The van der Waals surface area contributed by atoms with Crippen LogP contribution in [-0.2, 0) is 0 Å². The van der Waals surface area contributed by atoms with E-state index in [1.807, 2.05) is 22.8 Å². The number of hydrogen-bond acceptors (Lipinski definition) is 6. The molecule has 0 aromatic carbocycles. The molecule has 0 fully saturated rings. The summed E-state index contributed by atoms with van der Waals surface area (Å²) >= 11 is 3.40. The largest absolute Gasteiger partial charge is 0.368 e. The molecule has 4 nitrogen and oxygen atoms in total. The molecule has 0 bridgehead atoms. The summed E-state index contributed by atoms with van der Waals surface area (Å²) in [5, 5.41) is 6.50. The first-order valence-electron chi connectivity index (χ1n) is 6.39. The van der Waals surface area contributed by atoms with Crippen LogP contribution < -0.4 is 11.1 Å². The number of fused-ring (bicyclic) bond motifs is 1. The zero-order chi connectivity index (χ0) is 14.3. The first kappa shape index (κ1) is 13.3. The Hall–Kier alpha value is -1.66. The van der Waals surface area contributed by atoms with Crippen LogP contribution in [0.2, 0.25) is 0 Å². The summed E-state index contributed by atoms with van der Waals surface area (Å²) < 4.78 is 0. The first-order chi connectivity index (χ1) is 9.54. The number of nitrogens with two attached hydrogens (primary N) is 1. The van der Waals surface area contributed by atoms with E-state index in [1.165, 1.54) is 15.3 Å². The Labute approximate surface area is 125 Å². The smallest absolute Gasteiger partial charge is 0.223 e. The molecule has 0 amide bonds. The molecule has 20 heavy (non-hydrogen) atoms. The zero-order valence-electron chi connectivity index (χ0n) is 11.6. The molecule has 104 valence electrons. The number of hydrogen-bond donors (Lipinski definition) is 2. The molecule has 3 aromatic rings. The Kier molecular flexibility index (Phi) is 3.35. The van der Waals surface area contributed by atoms with Gasteiger partial charge in [0.1, 0.15) is 10.6 Å². The fourth-order valence-electron chi connectivity index (χ4n) is 2.35. The van der Waals surface area contributed by atoms with Crippen molar-refractivity contribution in [3.05, 3.63) is 32.8 Å². The summed E-state index contributed by atoms with van der Waals surface area (Å²) in [7, 11) is 0. The molecule has 3 N–H and O–H groups in total. The van der Waals surface area contributed by atoms with E-state index in [-0.39, 0.29) is 6.04 Å². The Morgan fingerprint density at radius 3 is 2.80 bits per heavy atom. The molecule has 0 saturated carbocycles. The lowest BCUT2D eigenvalue weighted by atomic mass is 10.1. The van der Waals surface area contributed by atoms with Gasteiger partial charge in [-0.15, -0.1) is 22.7 Å². The second-order valence-electron chi connectivity index (χ2n) is 4.80. The van der Waals surface area contributed by atoms with Crippen molar-refractivity contribution in [2.24, 2.45) is 0 Å². The van der Waals surface area contributed by atoms with Crippen molar-refractivity contribution in [2.45, 2.75) is 26.8 Å². The van der Waals surface area contributed by atoms with Gasteiger partial charge in [0.15, 0.2) is 0 Å². The minimum atomic E-state index is 0.192. The molecule has 0 aliphatic carbocycles. The van der Waals surface area contributed by atoms with Gasteiger partial charge in [-0.25, -0.2) is 4.98 Å². The molecule has 6 heteroatoms. The maximum atomic E-state index is 5.78. The van der Waals surface area contributed by atoms with Crippen molar-refractivity contribution >= 4 is 44.7 Å². The molecule has 0 aliphatic heterocycles. The highest BCUT2D eigenvalue weighted by Gasteiger charge is 2.14. The van der Waals surface area contributed by atoms with Gasteiger partial charge in [0.25, 0.3) is 0 Å². The molecule has 0 spiro atoms. The van der Waals surface area contributed by atoms with E-state index in [4.69, 9.17) is 5.73 Å². The average molecular weight is 304 g/mol. The lowest BCUT2D eigenvalue weighted by Crippen LogP contribution is -2.09. The van der Waals surface area contributed by atoms with E-state index in [9.17, 15) is 0 Å². The lowest BCUT2D eigenvalue weighted by molar-refractivity contribution is 0.874. The third-order valence-electron chi connectivity index (χ3n) is 3.24. The number of nitrogens with one attached hydrogen (secondary N) is 1. The van der Waals surface area contributed by atoms with Gasteiger partial charge in [-0.1, -0.05) is 0 Å². The van der Waals surface area contributed by atoms with E-state index in [2.05, 4.69) is 42.1 Å². The van der Waals surface area contributed by atoms with Crippen LogP contribution in [0.5, 0.6) is 0 Å². The van der Waals surface area contributed by atoms with Gasteiger partial charge in [0, 0.05) is 9.75 Å². The number of nitrogens with zero attached hydrogens (tertiary/aromatic N) is 2. The normalized spacial score (nSPS) is 12.8. The molecule has 0 aliphatic rings. The van der Waals surface area contributed by atoms with Crippen LogP contribution in [0.3, 0.4) is 0 Å². The Morgan fingerprint density at radius 1 is 1.30 bits per heavy atom. The van der Waals surface area contributed by atoms with Crippen molar-refractivity contribution in [1.82, 2.24) is 9.97 Å². The predicted octanol–water partition coefficient (Wildman–Crippen LogP) is 4.12. The van der Waals surface area contributed by atoms with Gasteiger partial charge < -0.3 is 11.1 Å². The standard InChI is InChI=1S/C14H16N4S2/c1-7-6-11(9(3)20-7)8(2)16-12-10-4-5-19-13(10)18-14(15)17-12/h4-6,8H,1-3H3,(H3,15,16,17,18). The molecule has 3 aromatic heterocycles. The number of aromatic nitrogens is 2. The third-order valence-corrected chi connectivity index (χ3v) is 5.03. The Morgan fingerprint density at radius 2 is 2.10 bits per heavy atom. The number of thiophene rings is 2. The number of nitrogen functional groups attached to an aromatic ring is 1. The summed E-state index contributed by atoms with van der Waals surface area (Å²) in [5.74, 6) is 1.12. The second-order valence-corrected chi connectivity index (χ2v) is 7.16. The average Bonchev–Trinajstić information content (AvgIpc) is 2.95. The Bertz CT molecular complexity index is 760. The summed E-state index contributed by atoms with van der Waals surface area (Å²) in [6.45, 7) is 6.43. The SMILES string of the molecule is Cc1cc(C(C)Nc2nc(N)nc3sccc23)c(C)s1. The van der Waals surface area contributed by atoms with E-state index >= 15 is 0 Å². The summed E-state index contributed by atoms with van der Waals surface area (Å²) in [4.78, 5) is 12.2. The molecular weight excluding hydrogens is 288 g/mol. The van der Waals surface area contributed by atoms with Crippen LogP contribution in [0, 0.1) is 13.8 Å². The van der Waals surface area contributed by atoms with Crippen LogP contribution in [0.1, 0.15) is 28.3 Å². The van der Waals surface area contributed by atoms with Crippen molar-refractivity contribution in [3.8, 4) is 0 Å². The minimum Gasteiger partial charge on any atom is -0.368 e. The number of anilines is 2. The van der Waals surface area contributed by atoms with Crippen molar-refractivity contribution in [1.29, 1.82) is 0 Å². The molecular formula is C14H16N4S2. The lowest BCUT2D eigenvalue weighted by Gasteiger charge is -2.15. The van der Waals surface area contributed by atoms with E-state index in [0.717, 1.165) is 16.0 Å². The van der Waals surface area contributed by atoms with Crippen molar-refractivity contribution < 1.29 is 0 Å². The van der Waals surface area contributed by atoms with Crippen LogP contribution in [0.15, 0.2) is 17.5 Å². The highest BCUT2D eigenvalue weighted by Crippen LogP contribution is 2.31. The van der Waals surface area contributed by atoms with E-state index in [1.54, 1.807) is 11.3 Å². The molecule has 1 unspecified atom stereocenters. The fraction of sp³-hybridized carbons (Fsp3) is 0.286. The van der Waals surface area contributed by atoms with E-state index in [0.29, 0.717) is 5.95 Å². The summed E-state index contributed by atoms with van der Waals surface area (Å²) in [5.41, 5.74) is 7.09. The minimum absolute atomic E-state index is 0.192. The highest BCUT2D eigenvalue weighted by molar-refractivity contribution is 7.16. The number of aryl methyl sites for hydroxylation is 2. The Balaban J connectivity index is 1.96.